The molecule has 3 nitrogen and oxygen atoms in total. The first-order chi connectivity index (χ1) is 7.29. The zero-order valence-electron chi connectivity index (χ0n) is 8.33. The van der Waals surface area contributed by atoms with Gasteiger partial charge in [-0.25, -0.2) is 0 Å². The summed E-state index contributed by atoms with van der Waals surface area (Å²) in [5.41, 5.74) is -5.34. The van der Waals surface area contributed by atoms with Crippen molar-refractivity contribution in [1.82, 2.24) is 0 Å². The van der Waals surface area contributed by atoms with Crippen LogP contribution in [-0.4, -0.2) is 13.9 Å². The maximum absolute atomic E-state index is 12.0. The van der Waals surface area contributed by atoms with E-state index in [2.05, 4.69) is 4.18 Å². The van der Waals surface area contributed by atoms with Gasteiger partial charge >= 0.3 is 15.6 Å². The molecule has 0 aromatic rings. The fraction of sp³-hybridized carbons (Fsp3) is 0.778. The van der Waals surface area contributed by atoms with Crippen LogP contribution >= 0.6 is 0 Å². The maximum atomic E-state index is 12.0. The highest BCUT2D eigenvalue weighted by Crippen LogP contribution is 2.44. The third-order valence-electron chi connectivity index (χ3n) is 3.08. The number of hydrogen-bond acceptors (Lipinski definition) is 3. The first-order valence-electron chi connectivity index (χ1n) is 5.01. The largest absolute Gasteiger partial charge is 0.534 e. The predicted octanol–water partition coefficient (Wildman–Crippen LogP) is 2.56. The number of hydrogen-bond donors (Lipinski definition) is 0. The quantitative estimate of drug-likeness (QED) is 0.563. The van der Waals surface area contributed by atoms with Crippen LogP contribution in [0.15, 0.2) is 11.8 Å². The Hall–Kier alpha value is -0.720. The van der Waals surface area contributed by atoms with E-state index in [1.807, 2.05) is 0 Å². The molecule has 16 heavy (non-hydrogen) atoms. The molecule has 0 heterocycles. The van der Waals surface area contributed by atoms with Crippen LogP contribution < -0.4 is 0 Å². The molecule has 0 N–H and O–H groups in total. The van der Waals surface area contributed by atoms with Crippen molar-refractivity contribution in [2.45, 2.75) is 31.2 Å². The van der Waals surface area contributed by atoms with Gasteiger partial charge in [0.05, 0.1) is 0 Å². The summed E-state index contributed by atoms with van der Waals surface area (Å²) in [5, 5.41) is 0. The first-order valence-corrected chi connectivity index (χ1v) is 6.42. The lowest BCUT2D eigenvalue weighted by molar-refractivity contribution is -0.0523. The van der Waals surface area contributed by atoms with Crippen LogP contribution in [-0.2, 0) is 14.3 Å². The molecule has 0 amide bonds. The van der Waals surface area contributed by atoms with Crippen molar-refractivity contribution in [1.29, 1.82) is 0 Å². The molecule has 0 aromatic heterocycles. The van der Waals surface area contributed by atoms with Crippen molar-refractivity contribution < 1.29 is 25.8 Å². The highest BCUT2D eigenvalue weighted by atomic mass is 32.2. The molecule has 7 heteroatoms. The zero-order valence-corrected chi connectivity index (χ0v) is 9.14. The van der Waals surface area contributed by atoms with Crippen molar-refractivity contribution in [3.05, 3.63) is 11.8 Å². The molecule has 1 saturated carbocycles. The molecule has 1 fully saturated rings. The summed E-state index contributed by atoms with van der Waals surface area (Å²) in [6.45, 7) is 0. The van der Waals surface area contributed by atoms with E-state index in [1.54, 1.807) is 0 Å². The average molecular weight is 256 g/mol. The Balaban J connectivity index is 2.07. The van der Waals surface area contributed by atoms with Gasteiger partial charge in [0.25, 0.3) is 0 Å². The topological polar surface area (TPSA) is 43.4 Å². The summed E-state index contributed by atoms with van der Waals surface area (Å²) in [6, 6.07) is 0. The molecule has 0 saturated heterocycles. The van der Waals surface area contributed by atoms with E-state index in [9.17, 15) is 21.6 Å². The molecule has 92 valence electrons. The molecule has 2 aliphatic carbocycles. The fourth-order valence-electron chi connectivity index (χ4n) is 2.35. The molecular formula is C9H11F3O3S. The van der Waals surface area contributed by atoms with Crippen LogP contribution in [0.3, 0.4) is 0 Å². The van der Waals surface area contributed by atoms with Crippen molar-refractivity contribution in [3.63, 3.8) is 0 Å². The highest BCUT2D eigenvalue weighted by Gasteiger charge is 2.49. The van der Waals surface area contributed by atoms with E-state index >= 15 is 0 Å². The Morgan fingerprint density at radius 1 is 1.31 bits per heavy atom. The third-order valence-corrected chi connectivity index (χ3v) is 4.08. The standard InChI is InChI=1S/C9H11F3O3S/c10-9(11,12)16(13,14)15-8-4-6-2-1-3-7(6)5-8/h4,6-7H,1-3,5H2/t6-,7+/m1/s1. The van der Waals surface area contributed by atoms with Crippen molar-refractivity contribution in [3.8, 4) is 0 Å². The molecule has 0 radical (unpaired) electrons. The smallest absolute Gasteiger partial charge is 0.381 e. The summed E-state index contributed by atoms with van der Waals surface area (Å²) in [7, 11) is -5.48. The second-order valence-corrected chi connectivity index (χ2v) is 5.71. The van der Waals surface area contributed by atoms with Crippen LogP contribution in [0.2, 0.25) is 0 Å². The monoisotopic (exact) mass is 256 g/mol. The van der Waals surface area contributed by atoms with Crippen LogP contribution in [0.25, 0.3) is 0 Å². The Bertz CT molecular complexity index is 410. The molecule has 0 aliphatic heterocycles. The normalized spacial score (nSPS) is 30.1. The Morgan fingerprint density at radius 3 is 2.56 bits per heavy atom. The lowest BCUT2D eigenvalue weighted by Crippen LogP contribution is -2.25. The lowest BCUT2D eigenvalue weighted by atomic mass is 10.0. The molecule has 2 rings (SSSR count). The number of alkyl halides is 3. The Morgan fingerprint density at radius 2 is 2.00 bits per heavy atom. The Labute approximate surface area is 91.4 Å². The van der Waals surface area contributed by atoms with E-state index in [1.165, 1.54) is 6.08 Å². The second kappa shape index (κ2) is 3.65. The molecule has 0 unspecified atom stereocenters. The highest BCUT2D eigenvalue weighted by molar-refractivity contribution is 7.87. The van der Waals surface area contributed by atoms with Crippen molar-refractivity contribution >= 4 is 10.1 Å². The van der Waals surface area contributed by atoms with E-state index in [0.717, 1.165) is 19.3 Å². The second-order valence-electron chi connectivity index (χ2n) is 4.18. The number of halogens is 3. The summed E-state index contributed by atoms with van der Waals surface area (Å²) < 4.78 is 61.7. The fourth-order valence-corrected chi connectivity index (χ4v) is 2.85. The molecule has 0 bridgehead atoms. The van der Waals surface area contributed by atoms with Gasteiger partial charge in [-0.3, -0.25) is 0 Å². The minimum atomic E-state index is -5.48. The van der Waals surface area contributed by atoms with Gasteiger partial charge in [0.15, 0.2) is 0 Å². The van der Waals surface area contributed by atoms with Crippen LogP contribution in [0, 0.1) is 11.8 Å². The first kappa shape index (κ1) is 11.8. The third kappa shape index (κ3) is 2.05. The summed E-state index contributed by atoms with van der Waals surface area (Å²) >= 11 is 0. The lowest BCUT2D eigenvalue weighted by Gasteiger charge is -2.10. The van der Waals surface area contributed by atoms with Gasteiger partial charge in [-0.05, 0) is 30.8 Å². The van der Waals surface area contributed by atoms with Gasteiger partial charge in [-0.1, -0.05) is 6.42 Å². The molecule has 0 spiro atoms. The minimum Gasteiger partial charge on any atom is -0.381 e. The van der Waals surface area contributed by atoms with Crippen molar-refractivity contribution in [2.75, 3.05) is 0 Å². The molecule has 0 aromatic carbocycles. The molecule has 2 aliphatic rings. The SMILES string of the molecule is O=S(=O)(OC1=C[C@H]2CCC[C@H]2C1)C(F)(F)F. The van der Waals surface area contributed by atoms with Gasteiger partial charge in [-0.15, -0.1) is 0 Å². The predicted molar refractivity (Wildman–Crippen MR) is 49.6 cm³/mol. The minimum absolute atomic E-state index is 0.0491. The van der Waals surface area contributed by atoms with Crippen LogP contribution in [0.4, 0.5) is 13.2 Å². The van der Waals surface area contributed by atoms with E-state index < -0.39 is 15.6 Å². The van der Waals surface area contributed by atoms with Gasteiger partial charge in [0.2, 0.25) is 0 Å². The van der Waals surface area contributed by atoms with E-state index in [4.69, 9.17) is 0 Å². The molecular weight excluding hydrogens is 245 g/mol. The summed E-state index contributed by atoms with van der Waals surface area (Å²) in [6.07, 6.45) is 4.72. The molecule has 2 atom stereocenters. The van der Waals surface area contributed by atoms with E-state index in [-0.39, 0.29) is 17.6 Å². The van der Waals surface area contributed by atoms with Gasteiger partial charge in [-0.2, -0.15) is 21.6 Å². The Kier molecular flexibility index (Phi) is 2.68. The van der Waals surface area contributed by atoms with Gasteiger partial charge < -0.3 is 4.18 Å². The number of allylic oxidation sites excluding steroid dienone is 2. The summed E-state index contributed by atoms with van der Waals surface area (Å²) in [4.78, 5) is 0. The van der Waals surface area contributed by atoms with Crippen molar-refractivity contribution in [2.24, 2.45) is 11.8 Å². The van der Waals surface area contributed by atoms with Crippen LogP contribution in [0.1, 0.15) is 25.7 Å². The number of fused-ring (bicyclic) bond motifs is 1. The van der Waals surface area contributed by atoms with Gasteiger partial charge in [0, 0.05) is 6.42 Å². The van der Waals surface area contributed by atoms with Gasteiger partial charge in [0.1, 0.15) is 5.76 Å². The van der Waals surface area contributed by atoms with Crippen LogP contribution in [0.5, 0.6) is 0 Å². The summed E-state index contributed by atoms with van der Waals surface area (Å²) in [5.74, 6) is 0.406. The van der Waals surface area contributed by atoms with E-state index in [0.29, 0.717) is 6.42 Å². The maximum Gasteiger partial charge on any atom is 0.534 e. The average Bonchev–Trinajstić information content (AvgIpc) is 2.59. The number of rotatable bonds is 2. The zero-order chi connectivity index (χ0) is 12.0.